The highest BCUT2D eigenvalue weighted by molar-refractivity contribution is 5.94. The second-order valence-electron chi connectivity index (χ2n) is 7.19. The van der Waals surface area contributed by atoms with Gasteiger partial charge in [0.05, 0.1) is 26.2 Å². The molecule has 4 rings (SSSR count). The molecule has 2 aliphatic rings. The fourth-order valence-electron chi connectivity index (χ4n) is 3.46. The molecule has 1 heterocycles. The van der Waals surface area contributed by atoms with Gasteiger partial charge in [0.15, 0.2) is 0 Å². The van der Waals surface area contributed by atoms with Gasteiger partial charge >= 0.3 is 0 Å². The van der Waals surface area contributed by atoms with Crippen molar-refractivity contribution in [1.29, 1.82) is 0 Å². The molecule has 130 valence electrons. The Morgan fingerprint density at radius 1 is 1.00 bits per heavy atom. The van der Waals surface area contributed by atoms with Crippen LogP contribution in [0.15, 0.2) is 54.6 Å². The Labute approximate surface area is 149 Å². The summed E-state index contributed by atoms with van der Waals surface area (Å²) in [4.78, 5) is 16.1. The van der Waals surface area contributed by atoms with Gasteiger partial charge in [-0.2, -0.15) is 0 Å². The predicted molar refractivity (Wildman–Crippen MR) is 100.0 cm³/mol. The Balaban J connectivity index is 1.29. The van der Waals surface area contributed by atoms with E-state index in [0.29, 0.717) is 6.04 Å². The number of piperazine rings is 1. The average Bonchev–Trinajstić information content (AvgIpc) is 3.48. The van der Waals surface area contributed by atoms with Gasteiger partial charge in [0.1, 0.15) is 6.54 Å². The van der Waals surface area contributed by atoms with Crippen LogP contribution in [-0.2, 0) is 6.54 Å². The Morgan fingerprint density at radius 2 is 1.68 bits per heavy atom. The molecular weight excluding hydrogens is 310 g/mol. The van der Waals surface area contributed by atoms with Crippen molar-refractivity contribution in [2.24, 2.45) is 0 Å². The molecule has 1 aliphatic carbocycles. The van der Waals surface area contributed by atoms with E-state index in [1.54, 1.807) is 4.90 Å². The van der Waals surface area contributed by atoms with Gasteiger partial charge in [0, 0.05) is 22.9 Å². The van der Waals surface area contributed by atoms with E-state index in [1.807, 2.05) is 12.1 Å². The normalized spacial score (nSPS) is 18.2. The summed E-state index contributed by atoms with van der Waals surface area (Å²) in [5.41, 5.74) is 3.42. The van der Waals surface area contributed by atoms with E-state index in [0.717, 1.165) is 51.1 Å². The number of amides is 1. The molecule has 2 aromatic rings. The van der Waals surface area contributed by atoms with Crippen LogP contribution in [0, 0.1) is 0 Å². The number of hydrogen-bond donors (Lipinski definition) is 2. The molecule has 1 amide bonds. The SMILES string of the molecule is O=C(NC1CC1)c1ccc(C[NH+]2CCN(c3ccccc3)CC2)cc1. The highest BCUT2D eigenvalue weighted by Crippen LogP contribution is 2.19. The zero-order valence-corrected chi connectivity index (χ0v) is 14.6. The molecule has 2 aromatic carbocycles. The molecule has 0 aromatic heterocycles. The van der Waals surface area contributed by atoms with Crippen LogP contribution in [0.2, 0.25) is 0 Å². The average molecular weight is 336 g/mol. The Bertz CT molecular complexity index is 702. The molecule has 25 heavy (non-hydrogen) atoms. The van der Waals surface area contributed by atoms with Gasteiger partial charge in [-0.3, -0.25) is 4.79 Å². The number of anilines is 1. The lowest BCUT2D eigenvalue weighted by Gasteiger charge is -2.33. The van der Waals surface area contributed by atoms with E-state index in [-0.39, 0.29) is 5.91 Å². The van der Waals surface area contributed by atoms with Gasteiger partial charge in [0.2, 0.25) is 0 Å². The summed E-state index contributed by atoms with van der Waals surface area (Å²) in [6, 6.07) is 19.2. The molecule has 0 bridgehead atoms. The molecule has 2 fully saturated rings. The van der Waals surface area contributed by atoms with Crippen molar-refractivity contribution in [3.63, 3.8) is 0 Å². The van der Waals surface area contributed by atoms with Crippen LogP contribution in [0.5, 0.6) is 0 Å². The maximum Gasteiger partial charge on any atom is 0.251 e. The van der Waals surface area contributed by atoms with Crippen molar-refractivity contribution in [3.05, 3.63) is 65.7 Å². The zero-order chi connectivity index (χ0) is 17.1. The van der Waals surface area contributed by atoms with Gasteiger partial charge in [-0.05, 0) is 37.1 Å². The van der Waals surface area contributed by atoms with Gasteiger partial charge < -0.3 is 15.1 Å². The molecule has 4 heteroatoms. The highest BCUT2D eigenvalue weighted by atomic mass is 16.1. The third kappa shape index (κ3) is 4.20. The van der Waals surface area contributed by atoms with E-state index in [1.165, 1.54) is 11.3 Å². The molecular formula is C21H26N3O+. The summed E-state index contributed by atoms with van der Waals surface area (Å²) in [5.74, 6) is 0.0675. The van der Waals surface area contributed by atoms with Crippen LogP contribution < -0.4 is 15.1 Å². The van der Waals surface area contributed by atoms with Gasteiger partial charge in [0.25, 0.3) is 5.91 Å². The minimum Gasteiger partial charge on any atom is -0.360 e. The van der Waals surface area contributed by atoms with Gasteiger partial charge in [-0.15, -0.1) is 0 Å². The van der Waals surface area contributed by atoms with Crippen LogP contribution in [0.1, 0.15) is 28.8 Å². The number of rotatable bonds is 5. The number of nitrogens with one attached hydrogen (secondary N) is 2. The smallest absolute Gasteiger partial charge is 0.251 e. The molecule has 2 N–H and O–H groups in total. The molecule has 4 nitrogen and oxygen atoms in total. The van der Waals surface area contributed by atoms with Crippen LogP contribution in [0.4, 0.5) is 5.69 Å². The molecule has 0 radical (unpaired) electrons. The maximum absolute atomic E-state index is 12.0. The van der Waals surface area contributed by atoms with Crippen molar-refractivity contribution in [3.8, 4) is 0 Å². The van der Waals surface area contributed by atoms with Crippen LogP contribution in [0.25, 0.3) is 0 Å². The van der Waals surface area contributed by atoms with Crippen molar-refractivity contribution < 1.29 is 9.69 Å². The van der Waals surface area contributed by atoms with Gasteiger partial charge in [-0.25, -0.2) is 0 Å². The summed E-state index contributed by atoms with van der Waals surface area (Å²) in [7, 11) is 0. The summed E-state index contributed by atoms with van der Waals surface area (Å²) in [6.07, 6.45) is 2.25. The summed E-state index contributed by atoms with van der Waals surface area (Å²) in [6.45, 7) is 5.53. The van der Waals surface area contributed by atoms with Crippen molar-refractivity contribution in [1.82, 2.24) is 5.32 Å². The van der Waals surface area contributed by atoms with E-state index < -0.39 is 0 Å². The number of carbonyl (C=O) groups excluding carboxylic acids is 1. The largest absolute Gasteiger partial charge is 0.360 e. The maximum atomic E-state index is 12.0. The van der Waals surface area contributed by atoms with E-state index in [9.17, 15) is 4.79 Å². The van der Waals surface area contributed by atoms with Crippen LogP contribution >= 0.6 is 0 Å². The Morgan fingerprint density at radius 3 is 2.32 bits per heavy atom. The summed E-state index contributed by atoms with van der Waals surface area (Å²) in [5, 5.41) is 3.04. The molecule has 0 spiro atoms. The standard InChI is InChI=1S/C21H25N3O/c25-21(22-19-10-11-19)18-8-6-17(7-9-18)16-23-12-14-24(15-13-23)20-4-2-1-3-5-20/h1-9,19H,10-16H2,(H,22,25)/p+1. The number of quaternary nitrogens is 1. The zero-order valence-electron chi connectivity index (χ0n) is 14.6. The third-order valence-electron chi connectivity index (χ3n) is 5.17. The van der Waals surface area contributed by atoms with Crippen molar-refractivity contribution in [2.75, 3.05) is 31.1 Å². The topological polar surface area (TPSA) is 36.8 Å². The second-order valence-corrected chi connectivity index (χ2v) is 7.19. The molecule has 1 saturated heterocycles. The Hall–Kier alpha value is -2.33. The number of nitrogens with zero attached hydrogens (tertiary/aromatic N) is 1. The number of hydrogen-bond acceptors (Lipinski definition) is 2. The van der Waals surface area contributed by atoms with Crippen LogP contribution in [0.3, 0.4) is 0 Å². The van der Waals surface area contributed by atoms with Crippen molar-refractivity contribution in [2.45, 2.75) is 25.4 Å². The fourth-order valence-corrected chi connectivity index (χ4v) is 3.46. The molecule has 1 saturated carbocycles. The van der Waals surface area contributed by atoms with Crippen LogP contribution in [-0.4, -0.2) is 38.1 Å². The fraction of sp³-hybridized carbons (Fsp3) is 0.381. The second kappa shape index (κ2) is 7.28. The monoisotopic (exact) mass is 336 g/mol. The highest BCUT2D eigenvalue weighted by Gasteiger charge is 2.24. The first kappa shape index (κ1) is 16.2. The van der Waals surface area contributed by atoms with Crippen molar-refractivity contribution >= 4 is 11.6 Å². The lowest BCUT2D eigenvalue weighted by atomic mass is 10.1. The lowest BCUT2D eigenvalue weighted by Crippen LogP contribution is -3.13. The first-order valence-electron chi connectivity index (χ1n) is 9.31. The number of benzene rings is 2. The predicted octanol–water partition coefficient (Wildman–Crippen LogP) is 1.48. The van der Waals surface area contributed by atoms with E-state index >= 15 is 0 Å². The Kier molecular flexibility index (Phi) is 4.70. The number of carbonyl (C=O) groups is 1. The molecule has 0 unspecified atom stereocenters. The number of para-hydroxylation sites is 1. The van der Waals surface area contributed by atoms with E-state index in [2.05, 4.69) is 52.7 Å². The first-order chi connectivity index (χ1) is 12.3. The van der Waals surface area contributed by atoms with E-state index in [4.69, 9.17) is 0 Å². The van der Waals surface area contributed by atoms with Gasteiger partial charge in [-0.1, -0.05) is 30.3 Å². The third-order valence-corrected chi connectivity index (χ3v) is 5.17. The molecule has 1 aliphatic heterocycles. The lowest BCUT2D eigenvalue weighted by molar-refractivity contribution is -0.914. The summed E-state index contributed by atoms with van der Waals surface area (Å²) < 4.78 is 0. The minimum atomic E-state index is 0.0675. The first-order valence-corrected chi connectivity index (χ1v) is 9.31. The minimum absolute atomic E-state index is 0.0675. The quantitative estimate of drug-likeness (QED) is 0.868. The molecule has 0 atom stereocenters. The summed E-state index contributed by atoms with van der Waals surface area (Å²) >= 11 is 0.